The largest absolute Gasteiger partial charge is 0.396 e. The van der Waals surface area contributed by atoms with Crippen LogP contribution in [0.3, 0.4) is 0 Å². The van der Waals surface area contributed by atoms with Crippen LogP contribution >= 0.6 is 0 Å². The van der Waals surface area contributed by atoms with Gasteiger partial charge in [0.25, 0.3) is 0 Å². The Balaban J connectivity index is 3.03. The lowest BCUT2D eigenvalue weighted by Gasteiger charge is -2.11. The van der Waals surface area contributed by atoms with E-state index in [9.17, 15) is 12.8 Å². The van der Waals surface area contributed by atoms with Crippen LogP contribution in [0.15, 0.2) is 23.1 Å². The standard InChI is InChI=1S/C9H13FN2O3S/c1-6(5-13)12-16(14,15)7-2-3-8(10)9(11)4-7/h2-4,6,12-13H,5,11H2,1H3/t6-/m1/s1. The van der Waals surface area contributed by atoms with Gasteiger partial charge in [0.2, 0.25) is 10.0 Å². The Morgan fingerprint density at radius 1 is 1.56 bits per heavy atom. The van der Waals surface area contributed by atoms with Crippen molar-refractivity contribution in [1.82, 2.24) is 4.72 Å². The van der Waals surface area contributed by atoms with E-state index in [0.29, 0.717) is 0 Å². The molecular weight excluding hydrogens is 235 g/mol. The summed E-state index contributed by atoms with van der Waals surface area (Å²) in [6.45, 7) is 1.18. The molecule has 0 bridgehead atoms. The van der Waals surface area contributed by atoms with Crippen LogP contribution in [0, 0.1) is 5.82 Å². The van der Waals surface area contributed by atoms with Crippen LogP contribution in [0.1, 0.15) is 6.92 Å². The smallest absolute Gasteiger partial charge is 0.240 e. The lowest BCUT2D eigenvalue weighted by Crippen LogP contribution is -2.35. The van der Waals surface area contributed by atoms with Gasteiger partial charge in [-0.15, -0.1) is 0 Å². The maximum absolute atomic E-state index is 12.8. The molecule has 0 aromatic heterocycles. The number of anilines is 1. The minimum atomic E-state index is -3.77. The highest BCUT2D eigenvalue weighted by atomic mass is 32.2. The number of rotatable bonds is 4. The van der Waals surface area contributed by atoms with Gasteiger partial charge in [-0.2, -0.15) is 0 Å². The highest BCUT2D eigenvalue weighted by Crippen LogP contribution is 2.16. The summed E-state index contributed by atoms with van der Waals surface area (Å²) >= 11 is 0. The first-order valence-electron chi connectivity index (χ1n) is 4.55. The zero-order valence-electron chi connectivity index (χ0n) is 8.64. The van der Waals surface area contributed by atoms with E-state index in [1.807, 2.05) is 0 Å². The van der Waals surface area contributed by atoms with Gasteiger partial charge in [0.15, 0.2) is 0 Å². The molecule has 1 atom stereocenters. The molecule has 0 fully saturated rings. The van der Waals surface area contributed by atoms with E-state index in [0.717, 1.165) is 18.2 Å². The fourth-order valence-electron chi connectivity index (χ4n) is 1.06. The third-order valence-electron chi connectivity index (χ3n) is 1.91. The Morgan fingerprint density at radius 2 is 2.19 bits per heavy atom. The van der Waals surface area contributed by atoms with E-state index in [2.05, 4.69) is 4.72 Å². The number of nitrogen functional groups attached to an aromatic ring is 1. The zero-order valence-corrected chi connectivity index (χ0v) is 9.46. The summed E-state index contributed by atoms with van der Waals surface area (Å²) in [7, 11) is -3.77. The number of aliphatic hydroxyl groups excluding tert-OH is 1. The van der Waals surface area contributed by atoms with Crippen LogP contribution in [0.2, 0.25) is 0 Å². The van der Waals surface area contributed by atoms with Crippen molar-refractivity contribution >= 4 is 15.7 Å². The van der Waals surface area contributed by atoms with Crippen molar-refractivity contribution in [3.8, 4) is 0 Å². The second-order valence-electron chi connectivity index (χ2n) is 3.39. The molecule has 16 heavy (non-hydrogen) atoms. The van der Waals surface area contributed by atoms with Gasteiger partial charge in [0.1, 0.15) is 5.82 Å². The van der Waals surface area contributed by atoms with Gasteiger partial charge in [0, 0.05) is 6.04 Å². The number of hydrogen-bond acceptors (Lipinski definition) is 4. The van der Waals surface area contributed by atoms with Crippen LogP contribution in [0.25, 0.3) is 0 Å². The van der Waals surface area contributed by atoms with Crippen molar-refractivity contribution in [3.05, 3.63) is 24.0 Å². The molecule has 4 N–H and O–H groups in total. The third-order valence-corrected chi connectivity index (χ3v) is 3.50. The number of sulfonamides is 1. The maximum atomic E-state index is 12.8. The van der Waals surface area contributed by atoms with Crippen LogP contribution < -0.4 is 10.5 Å². The van der Waals surface area contributed by atoms with E-state index in [1.165, 1.54) is 6.92 Å². The van der Waals surface area contributed by atoms with Gasteiger partial charge < -0.3 is 10.8 Å². The number of hydrogen-bond donors (Lipinski definition) is 3. The molecule has 1 aromatic carbocycles. The molecule has 90 valence electrons. The van der Waals surface area contributed by atoms with E-state index in [1.54, 1.807) is 0 Å². The first kappa shape index (κ1) is 12.9. The Morgan fingerprint density at radius 3 is 2.69 bits per heavy atom. The van der Waals surface area contributed by atoms with E-state index < -0.39 is 21.9 Å². The first-order valence-corrected chi connectivity index (χ1v) is 6.03. The minimum Gasteiger partial charge on any atom is -0.396 e. The number of nitrogens with one attached hydrogen (secondary N) is 1. The summed E-state index contributed by atoms with van der Waals surface area (Å²) in [5.41, 5.74) is 5.03. The maximum Gasteiger partial charge on any atom is 0.240 e. The number of nitrogens with two attached hydrogens (primary N) is 1. The summed E-state index contributed by atoms with van der Waals surface area (Å²) < 4.78 is 38.4. The van der Waals surface area contributed by atoms with Crippen molar-refractivity contribution in [2.24, 2.45) is 0 Å². The fourth-order valence-corrected chi connectivity index (χ4v) is 2.33. The highest BCUT2D eigenvalue weighted by molar-refractivity contribution is 7.89. The molecule has 1 rings (SSSR count). The molecule has 1 aromatic rings. The van der Waals surface area contributed by atoms with Crippen LogP contribution in [-0.4, -0.2) is 26.2 Å². The molecule has 0 aliphatic carbocycles. The molecule has 5 nitrogen and oxygen atoms in total. The predicted molar refractivity (Wildman–Crippen MR) is 57.7 cm³/mol. The zero-order chi connectivity index (χ0) is 12.3. The van der Waals surface area contributed by atoms with Gasteiger partial charge in [-0.1, -0.05) is 0 Å². The van der Waals surface area contributed by atoms with Crippen LogP contribution in [0.4, 0.5) is 10.1 Å². The molecule has 0 spiro atoms. The predicted octanol–water partition coefficient (Wildman–Crippen LogP) is 0.0670. The molecule has 0 amide bonds. The average molecular weight is 248 g/mol. The van der Waals surface area contributed by atoms with Crippen LogP contribution in [0.5, 0.6) is 0 Å². The topological polar surface area (TPSA) is 92.4 Å². The lowest BCUT2D eigenvalue weighted by molar-refractivity contribution is 0.265. The van der Waals surface area contributed by atoms with Crippen molar-refractivity contribution < 1.29 is 17.9 Å². The Bertz CT molecular complexity index is 476. The minimum absolute atomic E-state index is 0.133. The van der Waals surface area contributed by atoms with Gasteiger partial charge in [0.05, 0.1) is 17.2 Å². The van der Waals surface area contributed by atoms with Crippen molar-refractivity contribution in [2.45, 2.75) is 17.9 Å². The second-order valence-corrected chi connectivity index (χ2v) is 5.10. The number of aliphatic hydroxyl groups is 1. The molecule has 0 radical (unpaired) electrons. The summed E-state index contributed by atoms with van der Waals surface area (Å²) in [6, 6.07) is 2.50. The van der Waals surface area contributed by atoms with E-state index in [-0.39, 0.29) is 17.2 Å². The number of benzene rings is 1. The second kappa shape index (κ2) is 4.77. The van der Waals surface area contributed by atoms with Crippen LogP contribution in [-0.2, 0) is 10.0 Å². The van der Waals surface area contributed by atoms with E-state index >= 15 is 0 Å². The fraction of sp³-hybridized carbons (Fsp3) is 0.333. The molecule has 7 heteroatoms. The quantitative estimate of drug-likeness (QED) is 0.657. The SMILES string of the molecule is C[C@H](CO)NS(=O)(=O)c1ccc(F)c(N)c1. The molecule has 0 saturated heterocycles. The Hall–Kier alpha value is -1.18. The van der Waals surface area contributed by atoms with Crippen molar-refractivity contribution in [1.29, 1.82) is 0 Å². The van der Waals surface area contributed by atoms with Gasteiger partial charge in [-0.05, 0) is 25.1 Å². The average Bonchev–Trinajstić information content (AvgIpc) is 2.21. The normalized spacial score (nSPS) is 13.7. The molecule has 0 aliphatic rings. The monoisotopic (exact) mass is 248 g/mol. The van der Waals surface area contributed by atoms with Gasteiger partial charge in [-0.3, -0.25) is 0 Å². The van der Waals surface area contributed by atoms with E-state index in [4.69, 9.17) is 10.8 Å². The van der Waals surface area contributed by atoms with Crippen molar-refractivity contribution in [3.63, 3.8) is 0 Å². The summed E-state index contributed by atoms with van der Waals surface area (Å²) in [6.07, 6.45) is 0. The molecule has 0 saturated carbocycles. The van der Waals surface area contributed by atoms with Gasteiger partial charge >= 0.3 is 0 Å². The van der Waals surface area contributed by atoms with Crippen molar-refractivity contribution in [2.75, 3.05) is 12.3 Å². The molecule has 0 aliphatic heterocycles. The third kappa shape index (κ3) is 2.91. The Kier molecular flexibility index (Phi) is 3.84. The highest BCUT2D eigenvalue weighted by Gasteiger charge is 2.17. The molecule has 0 unspecified atom stereocenters. The molecular formula is C9H13FN2O3S. The number of halogens is 1. The lowest BCUT2D eigenvalue weighted by atomic mass is 10.3. The summed E-state index contributed by atoms with van der Waals surface area (Å²) in [5, 5.41) is 8.73. The van der Waals surface area contributed by atoms with Gasteiger partial charge in [-0.25, -0.2) is 17.5 Å². The summed E-state index contributed by atoms with van der Waals surface area (Å²) in [5.74, 6) is -0.672. The summed E-state index contributed by atoms with van der Waals surface area (Å²) in [4.78, 5) is -0.133. The first-order chi connectivity index (χ1) is 7.36. The Labute approximate surface area is 93.1 Å². The molecule has 0 heterocycles.